The second-order valence-corrected chi connectivity index (χ2v) is 7.44. The molecule has 0 bridgehead atoms. The minimum atomic E-state index is 0.0571. The van der Waals surface area contributed by atoms with Gasteiger partial charge >= 0.3 is 0 Å². The third-order valence-electron chi connectivity index (χ3n) is 5.74. The predicted octanol–water partition coefficient (Wildman–Crippen LogP) is 2.62. The van der Waals surface area contributed by atoms with Gasteiger partial charge in [0.2, 0.25) is 5.91 Å². The zero-order valence-corrected chi connectivity index (χ0v) is 16.4. The van der Waals surface area contributed by atoms with E-state index in [9.17, 15) is 4.79 Å². The summed E-state index contributed by atoms with van der Waals surface area (Å²) in [4.78, 5) is 14.9. The molecule has 1 aromatic rings. The SMILES string of the molecule is COc1ccc(OCCC(=O)NCC2(N3CCOCC3)CCCCC2)cc1. The molecule has 1 N–H and O–H groups in total. The molecule has 0 radical (unpaired) electrons. The van der Waals surface area contributed by atoms with Crippen molar-refractivity contribution < 1.29 is 19.0 Å². The largest absolute Gasteiger partial charge is 0.497 e. The van der Waals surface area contributed by atoms with Crippen molar-refractivity contribution in [2.24, 2.45) is 0 Å². The summed E-state index contributed by atoms with van der Waals surface area (Å²) in [7, 11) is 1.64. The molecule has 27 heavy (non-hydrogen) atoms. The van der Waals surface area contributed by atoms with Crippen molar-refractivity contribution in [3.05, 3.63) is 24.3 Å². The number of morpholine rings is 1. The lowest BCUT2D eigenvalue weighted by Gasteiger charge is -2.48. The van der Waals surface area contributed by atoms with Gasteiger partial charge in [0.1, 0.15) is 11.5 Å². The van der Waals surface area contributed by atoms with E-state index in [1.54, 1.807) is 7.11 Å². The van der Waals surface area contributed by atoms with Crippen LogP contribution in [0.2, 0.25) is 0 Å². The van der Waals surface area contributed by atoms with Gasteiger partial charge in [0.25, 0.3) is 0 Å². The molecule has 3 rings (SSSR count). The average Bonchev–Trinajstić information content (AvgIpc) is 2.74. The molecule has 6 nitrogen and oxygen atoms in total. The van der Waals surface area contributed by atoms with Gasteiger partial charge in [-0.05, 0) is 37.1 Å². The summed E-state index contributed by atoms with van der Waals surface area (Å²) in [5.41, 5.74) is 0.106. The van der Waals surface area contributed by atoms with Crippen LogP contribution in [-0.2, 0) is 9.53 Å². The number of methoxy groups -OCH3 is 1. The topological polar surface area (TPSA) is 60.0 Å². The molecule has 0 aromatic heterocycles. The fraction of sp³-hybridized carbons (Fsp3) is 0.667. The van der Waals surface area contributed by atoms with Gasteiger partial charge in [-0.3, -0.25) is 9.69 Å². The number of carbonyl (C=O) groups is 1. The molecule has 1 heterocycles. The molecular weight excluding hydrogens is 344 g/mol. The Morgan fingerprint density at radius 1 is 1.11 bits per heavy atom. The lowest BCUT2D eigenvalue weighted by Crippen LogP contribution is -2.59. The fourth-order valence-electron chi connectivity index (χ4n) is 4.14. The molecule has 1 saturated heterocycles. The number of ether oxygens (including phenoxy) is 3. The van der Waals surface area contributed by atoms with Crippen LogP contribution in [0.25, 0.3) is 0 Å². The molecule has 1 saturated carbocycles. The quantitative estimate of drug-likeness (QED) is 0.756. The molecule has 1 aliphatic heterocycles. The molecule has 0 spiro atoms. The van der Waals surface area contributed by atoms with E-state index >= 15 is 0 Å². The zero-order valence-electron chi connectivity index (χ0n) is 16.4. The van der Waals surface area contributed by atoms with E-state index in [0.717, 1.165) is 57.2 Å². The highest BCUT2D eigenvalue weighted by atomic mass is 16.5. The van der Waals surface area contributed by atoms with Gasteiger partial charge in [-0.15, -0.1) is 0 Å². The van der Waals surface area contributed by atoms with Gasteiger partial charge in [-0.1, -0.05) is 19.3 Å². The molecule has 0 unspecified atom stereocenters. The Kier molecular flexibility index (Phi) is 7.35. The molecular formula is C21H32N2O4. The first-order valence-corrected chi connectivity index (χ1v) is 10.1. The summed E-state index contributed by atoms with van der Waals surface area (Å²) in [5, 5.41) is 3.17. The van der Waals surface area contributed by atoms with Crippen molar-refractivity contribution in [3.8, 4) is 11.5 Å². The number of hydrogen-bond acceptors (Lipinski definition) is 5. The normalized spacial score (nSPS) is 20.0. The van der Waals surface area contributed by atoms with Crippen molar-refractivity contribution in [1.29, 1.82) is 0 Å². The Labute approximate surface area is 162 Å². The Morgan fingerprint density at radius 2 is 1.78 bits per heavy atom. The molecule has 1 aromatic carbocycles. The van der Waals surface area contributed by atoms with E-state index in [2.05, 4.69) is 10.2 Å². The van der Waals surface area contributed by atoms with E-state index in [4.69, 9.17) is 14.2 Å². The number of nitrogens with zero attached hydrogens (tertiary/aromatic N) is 1. The second-order valence-electron chi connectivity index (χ2n) is 7.44. The average molecular weight is 376 g/mol. The molecule has 0 atom stereocenters. The first-order valence-electron chi connectivity index (χ1n) is 10.1. The van der Waals surface area contributed by atoms with E-state index in [1.807, 2.05) is 24.3 Å². The lowest BCUT2D eigenvalue weighted by atomic mass is 9.79. The van der Waals surface area contributed by atoms with E-state index in [1.165, 1.54) is 19.3 Å². The van der Waals surface area contributed by atoms with Crippen LogP contribution in [0.4, 0.5) is 0 Å². The highest BCUT2D eigenvalue weighted by molar-refractivity contribution is 5.76. The molecule has 1 aliphatic carbocycles. The maximum absolute atomic E-state index is 12.3. The molecule has 2 fully saturated rings. The fourth-order valence-corrected chi connectivity index (χ4v) is 4.14. The van der Waals surface area contributed by atoms with Gasteiger partial charge in [-0.2, -0.15) is 0 Å². The first-order chi connectivity index (χ1) is 13.2. The van der Waals surface area contributed by atoms with Gasteiger partial charge in [-0.25, -0.2) is 0 Å². The first kappa shape index (κ1) is 20.0. The Balaban J connectivity index is 1.44. The maximum Gasteiger partial charge on any atom is 0.223 e. The summed E-state index contributed by atoms with van der Waals surface area (Å²) < 4.78 is 16.3. The Hall–Kier alpha value is -1.79. The Morgan fingerprint density at radius 3 is 2.44 bits per heavy atom. The van der Waals surface area contributed by atoms with Crippen molar-refractivity contribution >= 4 is 5.91 Å². The number of nitrogens with one attached hydrogen (secondary N) is 1. The summed E-state index contributed by atoms with van der Waals surface area (Å²) >= 11 is 0. The van der Waals surface area contributed by atoms with Crippen molar-refractivity contribution in [3.63, 3.8) is 0 Å². The van der Waals surface area contributed by atoms with E-state index in [-0.39, 0.29) is 11.4 Å². The summed E-state index contributed by atoms with van der Waals surface area (Å²) in [6.45, 7) is 4.64. The third kappa shape index (κ3) is 5.59. The van der Waals surface area contributed by atoms with Crippen LogP contribution >= 0.6 is 0 Å². The van der Waals surface area contributed by atoms with Crippen LogP contribution in [0.5, 0.6) is 11.5 Å². The monoisotopic (exact) mass is 376 g/mol. The maximum atomic E-state index is 12.3. The van der Waals surface area contributed by atoms with Gasteiger partial charge in [0, 0.05) is 25.2 Å². The standard InChI is InChI=1S/C21H32N2O4/c1-25-18-5-7-19(8-6-18)27-14-9-20(24)22-17-21(10-3-2-4-11-21)23-12-15-26-16-13-23/h5-8H,2-4,9-17H2,1H3,(H,22,24). The number of carbonyl (C=O) groups excluding carboxylic acids is 1. The smallest absolute Gasteiger partial charge is 0.223 e. The highest BCUT2D eigenvalue weighted by Crippen LogP contribution is 2.33. The molecule has 6 heteroatoms. The summed E-state index contributed by atoms with van der Waals surface area (Å²) in [6.07, 6.45) is 6.48. The number of hydrogen-bond donors (Lipinski definition) is 1. The number of rotatable bonds is 8. The van der Waals surface area contributed by atoms with Gasteiger partial charge in [0.05, 0.1) is 33.4 Å². The van der Waals surface area contributed by atoms with Crippen LogP contribution in [0.15, 0.2) is 24.3 Å². The van der Waals surface area contributed by atoms with Crippen molar-refractivity contribution in [2.75, 3.05) is 46.6 Å². The summed E-state index contributed by atoms with van der Waals surface area (Å²) in [6, 6.07) is 7.41. The minimum absolute atomic E-state index is 0.0571. The van der Waals surface area contributed by atoms with Gasteiger partial charge in [0.15, 0.2) is 0 Å². The van der Waals surface area contributed by atoms with Crippen molar-refractivity contribution in [1.82, 2.24) is 10.2 Å². The molecule has 150 valence electrons. The van der Waals surface area contributed by atoms with Crippen LogP contribution in [-0.4, -0.2) is 62.9 Å². The Bertz CT molecular complexity index is 578. The summed E-state index contributed by atoms with van der Waals surface area (Å²) in [5.74, 6) is 1.60. The van der Waals surface area contributed by atoms with Crippen LogP contribution in [0.3, 0.4) is 0 Å². The lowest BCUT2D eigenvalue weighted by molar-refractivity contribution is -0.122. The predicted molar refractivity (Wildman–Crippen MR) is 104 cm³/mol. The van der Waals surface area contributed by atoms with Crippen LogP contribution in [0.1, 0.15) is 38.5 Å². The number of amides is 1. The van der Waals surface area contributed by atoms with E-state index in [0.29, 0.717) is 13.0 Å². The zero-order chi connectivity index (χ0) is 19.0. The van der Waals surface area contributed by atoms with E-state index < -0.39 is 0 Å². The van der Waals surface area contributed by atoms with Crippen LogP contribution in [0, 0.1) is 0 Å². The number of benzene rings is 1. The van der Waals surface area contributed by atoms with Gasteiger partial charge < -0.3 is 19.5 Å². The minimum Gasteiger partial charge on any atom is -0.497 e. The highest BCUT2D eigenvalue weighted by Gasteiger charge is 2.38. The molecule has 2 aliphatic rings. The second kappa shape index (κ2) is 9.95. The molecule has 1 amide bonds. The third-order valence-corrected chi connectivity index (χ3v) is 5.74. The van der Waals surface area contributed by atoms with Crippen LogP contribution < -0.4 is 14.8 Å². The van der Waals surface area contributed by atoms with Crippen molar-refractivity contribution in [2.45, 2.75) is 44.1 Å².